The summed E-state index contributed by atoms with van der Waals surface area (Å²) in [4.78, 5) is 0. The Morgan fingerprint density at radius 1 is 0.760 bits per heavy atom. The highest BCUT2D eigenvalue weighted by Gasteiger charge is 2.11. The van der Waals surface area contributed by atoms with Gasteiger partial charge in [-0.25, -0.2) is 0 Å². The SMILES string of the molecule is C=C(C)c1cc(-c2ccc(P)cc2I)cc(-c2ccc(P)cc2I)c1. The molecule has 126 valence electrons. The van der Waals surface area contributed by atoms with Crippen molar-refractivity contribution in [2.75, 3.05) is 0 Å². The Balaban J connectivity index is 2.23. The summed E-state index contributed by atoms with van der Waals surface area (Å²) in [6.45, 7) is 6.22. The number of rotatable bonds is 3. The van der Waals surface area contributed by atoms with Gasteiger partial charge in [0.05, 0.1) is 0 Å². The fraction of sp³-hybridized carbons (Fsp3) is 0.0476. The predicted molar refractivity (Wildman–Crippen MR) is 136 cm³/mol. The zero-order chi connectivity index (χ0) is 18.1. The van der Waals surface area contributed by atoms with Crippen LogP contribution in [0.25, 0.3) is 27.8 Å². The van der Waals surface area contributed by atoms with E-state index < -0.39 is 0 Å². The van der Waals surface area contributed by atoms with Gasteiger partial charge < -0.3 is 0 Å². The van der Waals surface area contributed by atoms with Crippen LogP contribution >= 0.6 is 63.7 Å². The van der Waals surface area contributed by atoms with E-state index in [9.17, 15) is 0 Å². The van der Waals surface area contributed by atoms with Crippen molar-refractivity contribution in [1.29, 1.82) is 0 Å². The molecule has 3 aromatic carbocycles. The molecule has 0 fully saturated rings. The molecule has 0 N–H and O–H groups in total. The minimum Gasteiger partial charge on any atom is -0.106 e. The molecule has 2 unspecified atom stereocenters. The number of hydrogen-bond donors (Lipinski definition) is 0. The molecule has 0 aromatic heterocycles. The zero-order valence-corrected chi connectivity index (χ0v) is 20.4. The van der Waals surface area contributed by atoms with Crippen molar-refractivity contribution in [3.8, 4) is 22.3 Å². The predicted octanol–water partition coefficient (Wildman–Crippen LogP) is 6.26. The molecule has 0 heterocycles. The van der Waals surface area contributed by atoms with Crippen molar-refractivity contribution in [1.82, 2.24) is 0 Å². The highest BCUT2D eigenvalue weighted by atomic mass is 127. The van der Waals surface area contributed by atoms with Crippen molar-refractivity contribution in [2.45, 2.75) is 6.92 Å². The van der Waals surface area contributed by atoms with Crippen LogP contribution in [-0.2, 0) is 0 Å². The first-order valence-electron chi connectivity index (χ1n) is 7.77. The molecule has 0 saturated carbocycles. The van der Waals surface area contributed by atoms with Crippen LogP contribution in [0.1, 0.15) is 12.5 Å². The first-order chi connectivity index (χ1) is 11.8. The molecule has 0 spiro atoms. The van der Waals surface area contributed by atoms with Gasteiger partial charge in [0.25, 0.3) is 0 Å². The third kappa shape index (κ3) is 4.53. The molecule has 0 radical (unpaired) electrons. The topological polar surface area (TPSA) is 0 Å². The number of benzene rings is 3. The molecule has 2 atom stereocenters. The van der Waals surface area contributed by atoms with E-state index in [0.717, 1.165) is 5.57 Å². The van der Waals surface area contributed by atoms with Gasteiger partial charge in [0, 0.05) is 7.14 Å². The minimum atomic E-state index is 1.08. The number of halogens is 2. The molecule has 25 heavy (non-hydrogen) atoms. The van der Waals surface area contributed by atoms with E-state index in [1.165, 1.54) is 45.6 Å². The molecule has 3 rings (SSSR count). The van der Waals surface area contributed by atoms with Gasteiger partial charge in [-0.15, -0.1) is 18.5 Å². The minimum absolute atomic E-state index is 1.08. The monoisotopic (exact) mass is 586 g/mol. The summed E-state index contributed by atoms with van der Waals surface area (Å²) in [5.74, 6) is 0. The van der Waals surface area contributed by atoms with Gasteiger partial charge in [0.1, 0.15) is 0 Å². The van der Waals surface area contributed by atoms with E-state index >= 15 is 0 Å². The maximum Gasteiger partial charge on any atom is 0.0214 e. The van der Waals surface area contributed by atoms with Gasteiger partial charge in [-0.2, -0.15) is 0 Å². The number of allylic oxidation sites excluding steroid dienone is 1. The lowest BCUT2D eigenvalue weighted by atomic mass is 9.94. The summed E-state index contributed by atoms with van der Waals surface area (Å²) >= 11 is 4.83. The van der Waals surface area contributed by atoms with Crippen LogP contribution in [0.15, 0.2) is 61.2 Å². The molecule has 0 saturated heterocycles. The fourth-order valence-corrected chi connectivity index (χ4v) is 5.62. The first kappa shape index (κ1) is 19.5. The van der Waals surface area contributed by atoms with Gasteiger partial charge in [-0.1, -0.05) is 36.4 Å². The Labute approximate surface area is 181 Å². The van der Waals surface area contributed by atoms with Crippen LogP contribution in [0.3, 0.4) is 0 Å². The molecule has 0 bridgehead atoms. The van der Waals surface area contributed by atoms with Crippen LogP contribution in [0.4, 0.5) is 0 Å². The van der Waals surface area contributed by atoms with E-state index in [1.54, 1.807) is 0 Å². The van der Waals surface area contributed by atoms with Crippen LogP contribution < -0.4 is 10.6 Å². The third-order valence-corrected chi connectivity index (χ3v) is 6.54. The highest BCUT2D eigenvalue weighted by Crippen LogP contribution is 2.34. The van der Waals surface area contributed by atoms with Crippen molar-refractivity contribution >= 4 is 79.8 Å². The lowest BCUT2D eigenvalue weighted by Gasteiger charge is -2.13. The summed E-state index contributed by atoms with van der Waals surface area (Å²) in [7, 11) is 5.53. The van der Waals surface area contributed by atoms with E-state index in [0.29, 0.717) is 0 Å². The summed E-state index contributed by atoms with van der Waals surface area (Å²) in [5.41, 5.74) is 7.25. The second-order valence-corrected chi connectivity index (χ2v) is 9.72. The Hall–Kier alpha value is -0.280. The lowest BCUT2D eigenvalue weighted by molar-refractivity contribution is 1.52. The largest absolute Gasteiger partial charge is 0.106 e. The van der Waals surface area contributed by atoms with Crippen LogP contribution in [0, 0.1) is 7.14 Å². The molecule has 3 aromatic rings. The molecule has 4 heteroatoms. The van der Waals surface area contributed by atoms with Gasteiger partial charge >= 0.3 is 0 Å². The summed E-state index contributed by atoms with van der Waals surface area (Å²) in [6, 6.07) is 19.8. The van der Waals surface area contributed by atoms with E-state index in [-0.39, 0.29) is 0 Å². The quantitative estimate of drug-likeness (QED) is 0.251. The van der Waals surface area contributed by atoms with Crippen molar-refractivity contribution in [3.05, 3.63) is 73.9 Å². The average Bonchev–Trinajstić information content (AvgIpc) is 2.54. The Bertz CT molecular complexity index is 908. The zero-order valence-electron chi connectivity index (χ0n) is 13.8. The van der Waals surface area contributed by atoms with Gasteiger partial charge in [0.15, 0.2) is 0 Å². The normalized spacial score (nSPS) is 10.8. The fourth-order valence-electron chi connectivity index (χ4n) is 2.72. The van der Waals surface area contributed by atoms with Crippen LogP contribution in [0.2, 0.25) is 0 Å². The first-order valence-corrected chi connectivity index (χ1v) is 11.1. The second-order valence-electron chi connectivity index (χ2n) is 6.06. The van der Waals surface area contributed by atoms with Gasteiger partial charge in [0.2, 0.25) is 0 Å². The highest BCUT2D eigenvalue weighted by molar-refractivity contribution is 14.1. The molecule has 0 aliphatic heterocycles. The van der Waals surface area contributed by atoms with Crippen molar-refractivity contribution in [3.63, 3.8) is 0 Å². The smallest absolute Gasteiger partial charge is 0.0214 e. The Morgan fingerprint density at radius 3 is 1.56 bits per heavy atom. The Morgan fingerprint density at radius 2 is 1.20 bits per heavy atom. The number of hydrogen-bond acceptors (Lipinski definition) is 0. The van der Waals surface area contributed by atoms with E-state index in [4.69, 9.17) is 0 Å². The molecule has 0 nitrogen and oxygen atoms in total. The molecular formula is C21H18I2P2. The Kier molecular flexibility index (Phi) is 6.36. The van der Waals surface area contributed by atoms with Crippen LogP contribution in [0.5, 0.6) is 0 Å². The van der Waals surface area contributed by atoms with Gasteiger partial charge in [-0.3, -0.25) is 0 Å². The van der Waals surface area contributed by atoms with Crippen molar-refractivity contribution in [2.24, 2.45) is 0 Å². The average molecular weight is 586 g/mol. The molecule has 0 amide bonds. The van der Waals surface area contributed by atoms with Crippen molar-refractivity contribution < 1.29 is 0 Å². The summed E-state index contributed by atoms with van der Waals surface area (Å²) in [6.07, 6.45) is 0. The molecular weight excluding hydrogens is 568 g/mol. The van der Waals surface area contributed by atoms with E-state index in [1.807, 2.05) is 0 Å². The second kappa shape index (κ2) is 8.17. The standard InChI is InChI=1S/C21H18I2P2/c1-12(2)13-7-14(18-5-3-16(24)10-20(18)22)9-15(8-13)19-6-4-17(25)11-21(19)23/h3-11H,1,24-25H2,2H3. The molecule has 0 aliphatic rings. The lowest BCUT2D eigenvalue weighted by Crippen LogP contribution is -1.96. The van der Waals surface area contributed by atoms with Gasteiger partial charge in [-0.05, 0) is 121 Å². The summed E-state index contributed by atoms with van der Waals surface area (Å²) < 4.78 is 2.51. The maximum atomic E-state index is 4.16. The maximum absolute atomic E-state index is 4.16. The van der Waals surface area contributed by atoms with E-state index in [2.05, 4.69) is 132 Å². The third-order valence-electron chi connectivity index (χ3n) is 4.03. The summed E-state index contributed by atoms with van der Waals surface area (Å²) in [5, 5.41) is 2.41. The molecule has 0 aliphatic carbocycles. The van der Waals surface area contributed by atoms with Crippen LogP contribution in [-0.4, -0.2) is 0 Å².